The Bertz CT molecular complexity index is 527. The molecule has 0 fully saturated rings. The van der Waals surface area contributed by atoms with E-state index in [0.717, 1.165) is 12.0 Å². The molecule has 0 radical (unpaired) electrons. The molecule has 2 atom stereocenters. The summed E-state index contributed by atoms with van der Waals surface area (Å²) in [7, 11) is 0. The minimum absolute atomic E-state index is 0.0392. The predicted molar refractivity (Wildman–Crippen MR) is 96.7 cm³/mol. The zero-order chi connectivity index (χ0) is 18.5. The fourth-order valence-corrected chi connectivity index (χ4v) is 1.73. The first-order valence-corrected chi connectivity index (χ1v) is 7.81. The summed E-state index contributed by atoms with van der Waals surface area (Å²) in [6.07, 6.45) is 1.82. The van der Waals surface area contributed by atoms with E-state index in [2.05, 4.69) is 23.1 Å². The van der Waals surface area contributed by atoms with Gasteiger partial charge in [-0.15, -0.1) is 0 Å². The lowest BCUT2D eigenvalue weighted by molar-refractivity contribution is -0.139. The van der Waals surface area contributed by atoms with Gasteiger partial charge in [0.25, 0.3) is 0 Å². The van der Waals surface area contributed by atoms with Crippen molar-refractivity contribution in [3.05, 3.63) is 35.9 Å². The number of carbonyl (C=O) groups excluding carboxylic acids is 1. The highest BCUT2D eigenvalue weighted by Crippen LogP contribution is 2.00. The van der Waals surface area contributed by atoms with Crippen LogP contribution in [0.1, 0.15) is 25.3 Å². The first-order chi connectivity index (χ1) is 11.3. The molecule has 0 unspecified atom stereocenters. The summed E-state index contributed by atoms with van der Waals surface area (Å²) >= 11 is 4.50. The second kappa shape index (κ2) is 12.2. The average Bonchev–Trinajstić information content (AvgIpc) is 2.52. The lowest BCUT2D eigenvalue weighted by Gasteiger charge is -2.13. The molecule has 0 heterocycles. The molecule has 0 aliphatic heterocycles. The molecule has 0 aromatic heterocycles. The van der Waals surface area contributed by atoms with E-state index in [4.69, 9.17) is 22.3 Å². The highest BCUT2D eigenvalue weighted by atomic mass is 32.1. The zero-order valence-electron chi connectivity index (χ0n) is 13.6. The van der Waals surface area contributed by atoms with Gasteiger partial charge < -0.3 is 22.3 Å². The van der Waals surface area contributed by atoms with Crippen LogP contribution in [0.15, 0.2) is 30.3 Å². The lowest BCUT2D eigenvalue weighted by Crippen LogP contribution is -2.49. The van der Waals surface area contributed by atoms with Crippen LogP contribution in [0, 0.1) is 0 Å². The van der Waals surface area contributed by atoms with Gasteiger partial charge in [0.05, 0.1) is 6.04 Å². The van der Waals surface area contributed by atoms with E-state index in [1.807, 2.05) is 37.3 Å². The first-order valence-electron chi connectivity index (χ1n) is 7.40. The number of hydrogen-bond donors (Lipinski definition) is 6. The Hall–Kier alpha value is -2.23. The third kappa shape index (κ3) is 10.5. The van der Waals surface area contributed by atoms with E-state index < -0.39 is 24.0 Å². The fourth-order valence-electron chi connectivity index (χ4n) is 1.67. The van der Waals surface area contributed by atoms with Crippen LogP contribution >= 0.6 is 12.2 Å². The Balaban J connectivity index is 0.000000441. The summed E-state index contributed by atoms with van der Waals surface area (Å²) in [6.45, 7) is 1.90. The third-order valence-corrected chi connectivity index (χ3v) is 3.01. The van der Waals surface area contributed by atoms with Crippen molar-refractivity contribution < 1.29 is 14.7 Å². The topological polar surface area (TPSA) is 156 Å². The number of primary amides is 1. The molecule has 0 spiro atoms. The van der Waals surface area contributed by atoms with Gasteiger partial charge in [-0.3, -0.25) is 15.0 Å². The maximum atomic E-state index is 10.6. The highest BCUT2D eigenvalue weighted by Gasteiger charge is 2.14. The Morgan fingerprint density at radius 3 is 2.25 bits per heavy atom. The Labute approximate surface area is 146 Å². The molecule has 9 N–H and O–H groups in total. The van der Waals surface area contributed by atoms with Crippen LogP contribution in [0.2, 0.25) is 0 Å². The molecule has 9 heteroatoms. The predicted octanol–water partition coefficient (Wildman–Crippen LogP) is -0.381. The summed E-state index contributed by atoms with van der Waals surface area (Å²) in [5.74, 6) is -1.38. The second-order valence-corrected chi connectivity index (χ2v) is 5.45. The van der Waals surface area contributed by atoms with Crippen LogP contribution in [0.3, 0.4) is 0 Å². The number of rotatable bonds is 8. The molecule has 0 saturated carbocycles. The standard InChI is InChI=1S/C9H12N2O.C6H13N3O2S/c10-8(9(11)12)6-7-4-2-1-3-5-7;1-2-3-4(5(10)11)8-9-6(7)12/h1-5,8H,6,10H2,(H2,11,12);4,8H,2-3H2,1H3,(H,10,11)(H3,7,9,12)/t8-;4-/m00/s1. The number of aliphatic carboxylic acids is 1. The summed E-state index contributed by atoms with van der Waals surface area (Å²) in [6, 6.07) is 8.35. The molecule has 0 bridgehead atoms. The molecular weight excluding hydrogens is 330 g/mol. The molecular formula is C15H25N5O3S. The average molecular weight is 355 g/mol. The first kappa shape index (κ1) is 21.8. The summed E-state index contributed by atoms with van der Waals surface area (Å²) in [4.78, 5) is 21.1. The molecule has 1 aromatic rings. The smallest absolute Gasteiger partial charge is 0.322 e. The number of nitrogens with two attached hydrogens (primary N) is 3. The van der Waals surface area contributed by atoms with Gasteiger partial charge in [-0.2, -0.15) is 0 Å². The minimum atomic E-state index is -0.916. The molecule has 1 rings (SSSR count). The third-order valence-electron chi connectivity index (χ3n) is 2.91. The Kier molecular flexibility index (Phi) is 11.1. The molecule has 8 nitrogen and oxygen atoms in total. The quantitative estimate of drug-likeness (QED) is 0.272. The Morgan fingerprint density at radius 2 is 1.83 bits per heavy atom. The van der Waals surface area contributed by atoms with Crippen molar-refractivity contribution in [1.82, 2.24) is 10.9 Å². The fraction of sp³-hybridized carbons (Fsp3) is 0.400. The van der Waals surface area contributed by atoms with E-state index in [9.17, 15) is 9.59 Å². The number of carboxylic acid groups (broad SMARTS) is 1. The van der Waals surface area contributed by atoms with Gasteiger partial charge in [-0.1, -0.05) is 43.7 Å². The molecule has 24 heavy (non-hydrogen) atoms. The van der Waals surface area contributed by atoms with Crippen molar-refractivity contribution in [3.63, 3.8) is 0 Å². The van der Waals surface area contributed by atoms with E-state index in [-0.39, 0.29) is 5.11 Å². The normalized spacial score (nSPS) is 12.2. The molecule has 1 aromatic carbocycles. The van der Waals surface area contributed by atoms with Crippen molar-refractivity contribution in [1.29, 1.82) is 0 Å². The maximum absolute atomic E-state index is 10.6. The highest BCUT2D eigenvalue weighted by molar-refractivity contribution is 7.80. The van der Waals surface area contributed by atoms with E-state index in [0.29, 0.717) is 12.8 Å². The second-order valence-electron chi connectivity index (χ2n) is 5.01. The number of hydrogen-bond acceptors (Lipinski definition) is 5. The van der Waals surface area contributed by atoms with Gasteiger partial charge in [-0.25, -0.2) is 5.43 Å². The van der Waals surface area contributed by atoms with Crippen molar-refractivity contribution in [2.45, 2.75) is 38.3 Å². The number of thiocarbonyl (C=S) groups is 1. The SMILES string of the molecule is CCC[C@H](NNC(N)=S)C(=O)O.NC(=O)[C@@H](N)Cc1ccccc1. The largest absolute Gasteiger partial charge is 0.480 e. The van der Waals surface area contributed by atoms with Crippen LogP contribution in [0.4, 0.5) is 0 Å². The number of carbonyl (C=O) groups is 2. The van der Waals surface area contributed by atoms with Crippen LogP contribution < -0.4 is 28.1 Å². The van der Waals surface area contributed by atoms with Crippen molar-refractivity contribution >= 4 is 29.2 Å². The van der Waals surface area contributed by atoms with Gasteiger partial charge in [0.15, 0.2) is 5.11 Å². The molecule has 1 amide bonds. The van der Waals surface area contributed by atoms with Crippen LogP contribution in [0.25, 0.3) is 0 Å². The molecule has 0 aliphatic carbocycles. The Morgan fingerprint density at radius 1 is 1.25 bits per heavy atom. The van der Waals surface area contributed by atoms with E-state index in [1.54, 1.807) is 0 Å². The number of carboxylic acids is 1. The van der Waals surface area contributed by atoms with Crippen molar-refractivity contribution in [2.75, 3.05) is 0 Å². The van der Waals surface area contributed by atoms with E-state index >= 15 is 0 Å². The van der Waals surface area contributed by atoms with Crippen molar-refractivity contribution in [2.24, 2.45) is 17.2 Å². The van der Waals surface area contributed by atoms with Crippen LogP contribution in [0.5, 0.6) is 0 Å². The molecule has 134 valence electrons. The molecule has 0 saturated heterocycles. The number of hydrazine groups is 1. The number of nitrogens with one attached hydrogen (secondary N) is 2. The molecule has 0 aliphatic rings. The lowest BCUT2D eigenvalue weighted by atomic mass is 10.1. The van der Waals surface area contributed by atoms with Crippen LogP contribution in [-0.2, 0) is 16.0 Å². The maximum Gasteiger partial charge on any atom is 0.322 e. The van der Waals surface area contributed by atoms with Gasteiger partial charge in [0.2, 0.25) is 5.91 Å². The zero-order valence-corrected chi connectivity index (χ0v) is 14.4. The summed E-state index contributed by atoms with van der Waals surface area (Å²) in [5, 5.41) is 8.67. The minimum Gasteiger partial charge on any atom is -0.480 e. The van der Waals surface area contributed by atoms with Gasteiger partial charge in [0.1, 0.15) is 6.04 Å². The number of benzene rings is 1. The summed E-state index contributed by atoms with van der Waals surface area (Å²) < 4.78 is 0. The van der Waals surface area contributed by atoms with Gasteiger partial charge in [-0.05, 0) is 30.6 Å². The van der Waals surface area contributed by atoms with Crippen LogP contribution in [-0.4, -0.2) is 34.2 Å². The van der Waals surface area contributed by atoms with Gasteiger partial charge >= 0.3 is 5.97 Å². The van der Waals surface area contributed by atoms with Gasteiger partial charge in [0, 0.05) is 0 Å². The summed E-state index contributed by atoms with van der Waals surface area (Å²) in [5.41, 5.74) is 21.5. The van der Waals surface area contributed by atoms with Crippen molar-refractivity contribution in [3.8, 4) is 0 Å². The van der Waals surface area contributed by atoms with E-state index in [1.165, 1.54) is 0 Å². The number of amides is 1. The monoisotopic (exact) mass is 355 g/mol.